The summed E-state index contributed by atoms with van der Waals surface area (Å²) in [6.07, 6.45) is 2.47. The van der Waals surface area contributed by atoms with Crippen molar-refractivity contribution in [3.8, 4) is 0 Å². The van der Waals surface area contributed by atoms with E-state index in [1.807, 2.05) is 13.8 Å². The van der Waals surface area contributed by atoms with Gasteiger partial charge in [0.2, 0.25) is 0 Å². The summed E-state index contributed by atoms with van der Waals surface area (Å²) in [6.45, 7) is 6.23. The summed E-state index contributed by atoms with van der Waals surface area (Å²) >= 11 is 0. The topological polar surface area (TPSA) is 38.3 Å². The first-order chi connectivity index (χ1) is 9.11. The van der Waals surface area contributed by atoms with Crippen molar-refractivity contribution in [1.82, 2.24) is 5.32 Å². The van der Waals surface area contributed by atoms with Crippen LogP contribution in [0.2, 0.25) is 0 Å². The van der Waals surface area contributed by atoms with Crippen molar-refractivity contribution in [2.75, 3.05) is 6.61 Å². The van der Waals surface area contributed by atoms with Gasteiger partial charge in [-0.2, -0.15) is 0 Å². The van der Waals surface area contributed by atoms with E-state index < -0.39 is 0 Å². The predicted octanol–water partition coefficient (Wildman–Crippen LogP) is 2.99. The standard InChI is InChI=1S/C16H23NO2/c1-4-19-16(18)12(3)17-15(14-9-10-14)13-7-5-11(2)6-8-13/h5-8,12,14-15,17H,4,9-10H2,1-3H3. The van der Waals surface area contributed by atoms with Crippen molar-refractivity contribution in [1.29, 1.82) is 0 Å². The zero-order valence-electron chi connectivity index (χ0n) is 12.0. The average molecular weight is 261 g/mol. The maximum Gasteiger partial charge on any atom is 0.322 e. The van der Waals surface area contributed by atoms with Gasteiger partial charge in [-0.25, -0.2) is 0 Å². The van der Waals surface area contributed by atoms with Crippen molar-refractivity contribution in [3.63, 3.8) is 0 Å². The van der Waals surface area contributed by atoms with Crippen molar-refractivity contribution < 1.29 is 9.53 Å². The Morgan fingerprint density at radius 2 is 2.00 bits per heavy atom. The number of rotatable bonds is 6. The van der Waals surface area contributed by atoms with Crippen LogP contribution in [0.3, 0.4) is 0 Å². The number of aryl methyl sites for hydroxylation is 1. The molecule has 0 bridgehead atoms. The van der Waals surface area contributed by atoms with Crippen LogP contribution in [-0.4, -0.2) is 18.6 Å². The van der Waals surface area contributed by atoms with E-state index in [9.17, 15) is 4.79 Å². The van der Waals surface area contributed by atoms with Crippen LogP contribution in [0.1, 0.15) is 43.9 Å². The Balaban J connectivity index is 2.04. The quantitative estimate of drug-likeness (QED) is 0.800. The fourth-order valence-corrected chi connectivity index (χ4v) is 2.31. The Kier molecular flexibility index (Phi) is 4.59. The summed E-state index contributed by atoms with van der Waals surface area (Å²) in [5, 5.41) is 3.42. The Morgan fingerprint density at radius 3 is 2.53 bits per heavy atom. The van der Waals surface area contributed by atoms with Crippen LogP contribution in [0.25, 0.3) is 0 Å². The SMILES string of the molecule is CCOC(=O)C(C)NC(c1ccc(C)cc1)C1CC1. The van der Waals surface area contributed by atoms with Crippen molar-refractivity contribution in [2.45, 2.75) is 45.7 Å². The Labute approximate surface area is 115 Å². The average Bonchev–Trinajstić information content (AvgIpc) is 3.21. The van der Waals surface area contributed by atoms with Gasteiger partial charge in [-0.15, -0.1) is 0 Å². The van der Waals surface area contributed by atoms with E-state index in [1.165, 1.54) is 24.0 Å². The zero-order chi connectivity index (χ0) is 13.8. The van der Waals surface area contributed by atoms with E-state index in [0.29, 0.717) is 12.5 Å². The number of hydrogen-bond donors (Lipinski definition) is 1. The Bertz CT molecular complexity index is 423. The monoisotopic (exact) mass is 261 g/mol. The molecule has 0 amide bonds. The predicted molar refractivity (Wildman–Crippen MR) is 75.9 cm³/mol. The molecule has 19 heavy (non-hydrogen) atoms. The molecule has 1 fully saturated rings. The summed E-state index contributed by atoms with van der Waals surface area (Å²) in [6, 6.07) is 8.57. The molecule has 0 aromatic heterocycles. The molecule has 1 saturated carbocycles. The minimum atomic E-state index is -0.258. The first-order valence-electron chi connectivity index (χ1n) is 7.11. The first-order valence-corrected chi connectivity index (χ1v) is 7.11. The van der Waals surface area contributed by atoms with Crippen molar-refractivity contribution in [2.24, 2.45) is 5.92 Å². The lowest BCUT2D eigenvalue weighted by atomic mass is 10.0. The van der Waals surface area contributed by atoms with Crippen LogP contribution in [0, 0.1) is 12.8 Å². The van der Waals surface area contributed by atoms with Gasteiger partial charge in [0.15, 0.2) is 0 Å². The van der Waals surface area contributed by atoms with E-state index in [1.54, 1.807) is 0 Å². The van der Waals surface area contributed by atoms with Crippen LogP contribution in [0.15, 0.2) is 24.3 Å². The minimum absolute atomic E-state index is 0.166. The van der Waals surface area contributed by atoms with Gasteiger partial charge in [0.05, 0.1) is 6.61 Å². The second-order valence-corrected chi connectivity index (χ2v) is 5.37. The van der Waals surface area contributed by atoms with Gasteiger partial charge in [0.1, 0.15) is 6.04 Å². The number of carbonyl (C=O) groups is 1. The fourth-order valence-electron chi connectivity index (χ4n) is 2.31. The molecule has 3 heteroatoms. The smallest absolute Gasteiger partial charge is 0.322 e. The number of benzene rings is 1. The molecule has 104 valence electrons. The molecule has 1 aliphatic rings. The number of nitrogens with one attached hydrogen (secondary N) is 1. The van der Waals surface area contributed by atoms with E-state index in [-0.39, 0.29) is 18.1 Å². The second kappa shape index (κ2) is 6.20. The van der Waals surface area contributed by atoms with Gasteiger partial charge in [0, 0.05) is 6.04 Å². The Hall–Kier alpha value is -1.35. The number of carbonyl (C=O) groups excluding carboxylic acids is 1. The van der Waals surface area contributed by atoms with Crippen LogP contribution in [0.4, 0.5) is 0 Å². The van der Waals surface area contributed by atoms with Gasteiger partial charge < -0.3 is 4.74 Å². The minimum Gasteiger partial charge on any atom is -0.465 e. The highest BCUT2D eigenvalue weighted by atomic mass is 16.5. The molecule has 0 spiro atoms. The normalized spacial score (nSPS) is 17.8. The first kappa shape index (κ1) is 14.1. The molecule has 0 saturated heterocycles. The van der Waals surface area contributed by atoms with E-state index in [2.05, 4.69) is 36.5 Å². The highest BCUT2D eigenvalue weighted by Crippen LogP contribution is 2.41. The lowest BCUT2D eigenvalue weighted by Crippen LogP contribution is -2.38. The van der Waals surface area contributed by atoms with Crippen LogP contribution in [-0.2, 0) is 9.53 Å². The summed E-state index contributed by atoms with van der Waals surface area (Å²) in [4.78, 5) is 11.7. The fraction of sp³-hybridized carbons (Fsp3) is 0.562. The molecule has 0 radical (unpaired) electrons. The maximum absolute atomic E-state index is 11.7. The van der Waals surface area contributed by atoms with Crippen molar-refractivity contribution >= 4 is 5.97 Å². The summed E-state index contributed by atoms with van der Waals surface area (Å²) < 4.78 is 5.06. The highest BCUT2D eigenvalue weighted by Gasteiger charge is 2.34. The van der Waals surface area contributed by atoms with E-state index in [0.717, 1.165) is 0 Å². The van der Waals surface area contributed by atoms with Gasteiger partial charge in [-0.05, 0) is 45.1 Å². The molecule has 2 rings (SSSR count). The molecular formula is C16H23NO2. The molecule has 1 N–H and O–H groups in total. The van der Waals surface area contributed by atoms with Gasteiger partial charge in [-0.1, -0.05) is 29.8 Å². The Morgan fingerprint density at radius 1 is 1.37 bits per heavy atom. The highest BCUT2D eigenvalue weighted by molar-refractivity contribution is 5.75. The lowest BCUT2D eigenvalue weighted by Gasteiger charge is -2.22. The van der Waals surface area contributed by atoms with Crippen molar-refractivity contribution in [3.05, 3.63) is 35.4 Å². The third kappa shape index (κ3) is 3.80. The molecular weight excluding hydrogens is 238 g/mol. The molecule has 0 heterocycles. The van der Waals surface area contributed by atoms with Crippen LogP contribution < -0.4 is 5.32 Å². The van der Waals surface area contributed by atoms with Gasteiger partial charge >= 0.3 is 5.97 Å². The van der Waals surface area contributed by atoms with Gasteiger partial charge in [-0.3, -0.25) is 10.1 Å². The molecule has 1 aromatic carbocycles. The molecule has 1 aliphatic carbocycles. The molecule has 2 atom stereocenters. The number of hydrogen-bond acceptors (Lipinski definition) is 3. The summed E-state index contributed by atoms with van der Waals surface area (Å²) in [7, 11) is 0. The number of esters is 1. The molecule has 0 aliphatic heterocycles. The molecule has 1 aromatic rings. The maximum atomic E-state index is 11.7. The molecule has 2 unspecified atom stereocenters. The summed E-state index contributed by atoms with van der Waals surface area (Å²) in [5.74, 6) is 0.486. The van der Waals surface area contributed by atoms with Crippen LogP contribution >= 0.6 is 0 Å². The third-order valence-corrected chi connectivity index (χ3v) is 3.60. The lowest BCUT2D eigenvalue weighted by molar-refractivity contribution is -0.145. The largest absolute Gasteiger partial charge is 0.465 e. The van der Waals surface area contributed by atoms with Gasteiger partial charge in [0.25, 0.3) is 0 Å². The van der Waals surface area contributed by atoms with E-state index in [4.69, 9.17) is 4.74 Å². The summed E-state index contributed by atoms with van der Waals surface area (Å²) in [5.41, 5.74) is 2.53. The van der Waals surface area contributed by atoms with Crippen LogP contribution in [0.5, 0.6) is 0 Å². The van der Waals surface area contributed by atoms with E-state index >= 15 is 0 Å². The zero-order valence-corrected chi connectivity index (χ0v) is 12.0. The number of ether oxygens (including phenoxy) is 1. The molecule has 3 nitrogen and oxygen atoms in total. The second-order valence-electron chi connectivity index (χ2n) is 5.37. The third-order valence-electron chi connectivity index (χ3n) is 3.60.